The third kappa shape index (κ3) is 5.79. The fraction of sp³-hybridized carbons (Fsp3) is 0.300. The van der Waals surface area contributed by atoms with Crippen molar-refractivity contribution in [1.29, 1.82) is 0 Å². The van der Waals surface area contributed by atoms with Crippen LogP contribution in [0.3, 0.4) is 0 Å². The van der Waals surface area contributed by atoms with Crippen LogP contribution < -0.4 is 9.80 Å². The summed E-state index contributed by atoms with van der Waals surface area (Å²) in [5.74, 6) is -0.938. The second-order valence-corrected chi connectivity index (χ2v) is 13.1. The number of ketones is 1. The molecule has 8 nitrogen and oxygen atoms in total. The highest BCUT2D eigenvalue weighted by Crippen LogP contribution is 2.44. The summed E-state index contributed by atoms with van der Waals surface area (Å²) < 4.78 is 0.692. The highest BCUT2D eigenvalue weighted by molar-refractivity contribution is 8.00. The summed E-state index contributed by atoms with van der Waals surface area (Å²) in [5.41, 5.74) is 4.69. The van der Waals surface area contributed by atoms with Crippen LogP contribution in [0.25, 0.3) is 0 Å². The molecule has 0 fully saturated rings. The molecule has 41 heavy (non-hydrogen) atoms. The molecule has 3 heterocycles. The zero-order valence-electron chi connectivity index (χ0n) is 23.5. The SMILES string of the molecule is CCN(CC)c1ccc(C2C(C(=O)c3sc(C)nc3C)=C(O)C(=O)N2c2nnc(SCc3ccc(C)cc3)s2)cc1. The average molecular weight is 606 g/mol. The highest BCUT2D eigenvalue weighted by atomic mass is 32.2. The Morgan fingerprint density at radius 1 is 1.00 bits per heavy atom. The number of hydrogen-bond donors (Lipinski definition) is 1. The standard InChI is InChI=1S/C30H31N5O3S3/c1-6-34(7-2)22-14-12-21(13-15-22)24-23(25(36)27-18(4)31-19(5)40-27)26(37)28(38)35(24)29-32-33-30(41-29)39-16-20-10-8-17(3)9-11-20/h8-15,24,37H,6-7,16H2,1-5H3. The number of aryl methyl sites for hydroxylation is 3. The Morgan fingerprint density at radius 2 is 1.68 bits per heavy atom. The van der Waals surface area contributed by atoms with Crippen LogP contribution in [0.1, 0.15) is 57.0 Å². The molecule has 1 aliphatic rings. The number of nitrogens with zero attached hydrogens (tertiary/aromatic N) is 5. The molecule has 0 aliphatic carbocycles. The van der Waals surface area contributed by atoms with Crippen molar-refractivity contribution >= 4 is 56.9 Å². The lowest BCUT2D eigenvalue weighted by Gasteiger charge is -2.25. The molecule has 1 N–H and O–H groups in total. The summed E-state index contributed by atoms with van der Waals surface area (Å²) in [6.07, 6.45) is 0. The summed E-state index contributed by atoms with van der Waals surface area (Å²) in [6, 6.07) is 15.2. The second-order valence-electron chi connectivity index (χ2n) is 9.71. The van der Waals surface area contributed by atoms with Crippen molar-refractivity contribution < 1.29 is 14.7 Å². The number of thiazole rings is 1. The predicted octanol–water partition coefficient (Wildman–Crippen LogP) is 6.84. The first kappa shape index (κ1) is 29.0. The minimum Gasteiger partial charge on any atom is -0.503 e. The van der Waals surface area contributed by atoms with Crippen LogP contribution >= 0.6 is 34.4 Å². The van der Waals surface area contributed by atoms with E-state index in [-0.39, 0.29) is 5.57 Å². The first-order valence-corrected chi connectivity index (χ1v) is 16.0. The Bertz CT molecular complexity index is 1600. The Hall–Kier alpha value is -3.54. The van der Waals surface area contributed by atoms with Crippen molar-refractivity contribution in [3.8, 4) is 0 Å². The van der Waals surface area contributed by atoms with Gasteiger partial charge in [0.05, 0.1) is 27.2 Å². The van der Waals surface area contributed by atoms with Gasteiger partial charge in [0.15, 0.2) is 10.1 Å². The molecular weight excluding hydrogens is 575 g/mol. The Labute approximate surface area is 251 Å². The molecule has 0 bridgehead atoms. The van der Waals surface area contributed by atoms with Gasteiger partial charge in [-0.2, -0.15) is 0 Å². The highest BCUT2D eigenvalue weighted by Gasteiger charge is 2.46. The third-order valence-corrected chi connectivity index (χ3v) is 10.2. The minimum atomic E-state index is -0.856. The average Bonchev–Trinajstić information content (AvgIpc) is 3.64. The van der Waals surface area contributed by atoms with Crippen molar-refractivity contribution in [3.63, 3.8) is 0 Å². The van der Waals surface area contributed by atoms with E-state index in [1.54, 1.807) is 6.92 Å². The van der Waals surface area contributed by atoms with Gasteiger partial charge in [0.2, 0.25) is 10.9 Å². The molecule has 1 amide bonds. The van der Waals surface area contributed by atoms with Crippen molar-refractivity contribution in [2.45, 2.75) is 50.8 Å². The van der Waals surface area contributed by atoms with E-state index in [1.165, 1.54) is 44.9 Å². The molecular formula is C30H31N5O3S3. The number of anilines is 2. The van der Waals surface area contributed by atoms with Crippen LogP contribution in [0.5, 0.6) is 0 Å². The second kappa shape index (κ2) is 12.1. The molecule has 0 radical (unpaired) electrons. The number of aliphatic hydroxyl groups is 1. The summed E-state index contributed by atoms with van der Waals surface area (Å²) in [6.45, 7) is 11.5. The number of aliphatic hydroxyl groups excluding tert-OH is 1. The van der Waals surface area contributed by atoms with Gasteiger partial charge < -0.3 is 10.0 Å². The van der Waals surface area contributed by atoms with Crippen LogP contribution in [0.4, 0.5) is 10.8 Å². The number of aromatic nitrogens is 3. The predicted molar refractivity (Wildman–Crippen MR) is 166 cm³/mol. The van der Waals surface area contributed by atoms with E-state index in [1.807, 2.05) is 31.2 Å². The molecule has 5 rings (SSSR count). The van der Waals surface area contributed by atoms with E-state index in [4.69, 9.17) is 0 Å². The number of thioether (sulfide) groups is 1. The molecule has 1 atom stereocenters. The number of amides is 1. The number of benzene rings is 2. The zero-order valence-corrected chi connectivity index (χ0v) is 26.0. The van der Waals surface area contributed by atoms with Gasteiger partial charge in [0.1, 0.15) is 0 Å². The fourth-order valence-corrected chi connectivity index (χ4v) is 7.56. The largest absolute Gasteiger partial charge is 0.503 e. The summed E-state index contributed by atoms with van der Waals surface area (Å²) in [5, 5.41) is 20.9. The number of carbonyl (C=O) groups excluding carboxylic acids is 2. The maximum Gasteiger partial charge on any atom is 0.296 e. The number of carbonyl (C=O) groups is 2. The normalized spacial score (nSPS) is 15.2. The molecule has 212 valence electrons. The summed E-state index contributed by atoms with van der Waals surface area (Å²) in [7, 11) is 0. The minimum absolute atomic E-state index is 0.0291. The molecule has 0 saturated heterocycles. The number of hydrogen-bond acceptors (Lipinski definition) is 10. The number of Topliss-reactive ketones (excluding diaryl/α,β-unsaturated/α-hetero) is 1. The van der Waals surface area contributed by atoms with Gasteiger partial charge in [0, 0.05) is 24.5 Å². The molecule has 11 heteroatoms. The summed E-state index contributed by atoms with van der Waals surface area (Å²) >= 11 is 4.05. The van der Waals surface area contributed by atoms with Crippen LogP contribution in [-0.2, 0) is 10.5 Å². The van der Waals surface area contributed by atoms with Gasteiger partial charge in [-0.05, 0) is 57.9 Å². The van der Waals surface area contributed by atoms with E-state index >= 15 is 0 Å². The van der Waals surface area contributed by atoms with E-state index in [2.05, 4.69) is 65.1 Å². The Balaban J connectivity index is 1.51. The molecule has 2 aromatic heterocycles. The maximum absolute atomic E-state index is 13.9. The fourth-order valence-electron chi connectivity index (χ4n) is 4.86. The zero-order chi connectivity index (χ0) is 29.3. The molecule has 0 spiro atoms. The number of rotatable bonds is 10. The van der Waals surface area contributed by atoms with Crippen LogP contribution in [0.2, 0.25) is 0 Å². The monoisotopic (exact) mass is 605 g/mol. The van der Waals surface area contributed by atoms with E-state index in [9.17, 15) is 14.7 Å². The van der Waals surface area contributed by atoms with Gasteiger partial charge in [0.25, 0.3) is 5.91 Å². The quantitative estimate of drug-likeness (QED) is 0.119. The first-order chi connectivity index (χ1) is 19.7. The van der Waals surface area contributed by atoms with Gasteiger partial charge >= 0.3 is 0 Å². The lowest BCUT2D eigenvalue weighted by Crippen LogP contribution is -2.31. The molecule has 1 unspecified atom stereocenters. The van der Waals surface area contributed by atoms with E-state index < -0.39 is 23.5 Å². The van der Waals surface area contributed by atoms with E-state index in [0.29, 0.717) is 31.4 Å². The van der Waals surface area contributed by atoms with Gasteiger partial charge in [-0.15, -0.1) is 21.5 Å². The Kier molecular flexibility index (Phi) is 8.58. The Morgan fingerprint density at radius 3 is 2.29 bits per heavy atom. The van der Waals surface area contributed by atoms with Crippen LogP contribution in [-0.4, -0.2) is 45.1 Å². The molecule has 1 aliphatic heterocycles. The van der Waals surface area contributed by atoms with Crippen molar-refractivity contribution in [2.75, 3.05) is 22.9 Å². The maximum atomic E-state index is 13.9. The van der Waals surface area contributed by atoms with Crippen molar-refractivity contribution in [2.24, 2.45) is 0 Å². The smallest absolute Gasteiger partial charge is 0.296 e. The van der Waals surface area contributed by atoms with E-state index in [0.717, 1.165) is 29.3 Å². The van der Waals surface area contributed by atoms with Crippen molar-refractivity contribution in [1.82, 2.24) is 15.2 Å². The van der Waals surface area contributed by atoms with Gasteiger partial charge in [-0.25, -0.2) is 4.98 Å². The first-order valence-electron chi connectivity index (χ1n) is 13.3. The molecule has 2 aromatic carbocycles. The molecule has 4 aromatic rings. The lowest BCUT2D eigenvalue weighted by molar-refractivity contribution is -0.117. The van der Waals surface area contributed by atoms with Crippen molar-refractivity contribution in [3.05, 3.63) is 92.1 Å². The van der Waals surface area contributed by atoms with Gasteiger partial charge in [-0.3, -0.25) is 14.5 Å². The summed E-state index contributed by atoms with van der Waals surface area (Å²) in [4.78, 5) is 35.9. The topological polar surface area (TPSA) is 99.5 Å². The van der Waals surface area contributed by atoms with Crippen LogP contribution in [0.15, 0.2) is 64.2 Å². The van der Waals surface area contributed by atoms with Crippen LogP contribution in [0, 0.1) is 20.8 Å². The molecule has 0 saturated carbocycles. The lowest BCUT2D eigenvalue weighted by atomic mass is 9.95. The third-order valence-electron chi connectivity index (χ3n) is 6.98. The van der Waals surface area contributed by atoms with Gasteiger partial charge in [-0.1, -0.05) is 65.1 Å².